The maximum absolute atomic E-state index is 5.98. The predicted octanol–water partition coefficient (Wildman–Crippen LogP) is 7.17. The number of pyridine rings is 1. The first-order chi connectivity index (χ1) is 16.1. The molecule has 5 rings (SSSR count). The summed E-state index contributed by atoms with van der Waals surface area (Å²) in [5.74, 6) is 8.07. The summed E-state index contributed by atoms with van der Waals surface area (Å²) in [5.41, 5.74) is 5.47. The molecule has 2 aliphatic rings. The highest BCUT2D eigenvalue weighted by Crippen LogP contribution is 2.38. The van der Waals surface area contributed by atoms with Crippen molar-refractivity contribution in [1.29, 1.82) is 0 Å². The molecule has 3 aromatic rings. The Bertz CT molecular complexity index is 1120. The Kier molecular flexibility index (Phi) is 6.81. The van der Waals surface area contributed by atoms with Crippen LogP contribution in [0.5, 0.6) is 0 Å². The average molecular weight is 455 g/mol. The first-order valence-corrected chi connectivity index (χ1v) is 12.6. The SMILES string of the molecule is CC1CCN(C2CCC(c3ccc(C#Cc4ccc(-c5ccc(Cl)cc5)cn4)cc3)C2)CC1. The van der Waals surface area contributed by atoms with Crippen molar-refractivity contribution < 1.29 is 0 Å². The van der Waals surface area contributed by atoms with Crippen molar-refractivity contribution in [1.82, 2.24) is 9.88 Å². The maximum Gasteiger partial charge on any atom is 0.113 e. The minimum Gasteiger partial charge on any atom is -0.300 e. The number of aromatic nitrogens is 1. The molecule has 1 aliphatic carbocycles. The Balaban J connectivity index is 1.19. The lowest BCUT2D eigenvalue weighted by molar-refractivity contribution is 0.139. The lowest BCUT2D eigenvalue weighted by Crippen LogP contribution is -2.39. The summed E-state index contributed by atoms with van der Waals surface area (Å²) >= 11 is 5.98. The molecular formula is C30H31ClN2. The summed E-state index contributed by atoms with van der Waals surface area (Å²) < 4.78 is 0. The van der Waals surface area contributed by atoms with E-state index in [1.807, 2.05) is 36.5 Å². The molecule has 1 aromatic heterocycles. The van der Waals surface area contributed by atoms with Gasteiger partial charge in [-0.25, -0.2) is 4.98 Å². The molecule has 0 amide bonds. The van der Waals surface area contributed by atoms with E-state index in [0.717, 1.165) is 39.4 Å². The fourth-order valence-electron chi connectivity index (χ4n) is 5.24. The van der Waals surface area contributed by atoms with Crippen molar-refractivity contribution in [3.8, 4) is 23.0 Å². The molecule has 0 bridgehead atoms. The van der Waals surface area contributed by atoms with Gasteiger partial charge in [0.15, 0.2) is 0 Å². The first-order valence-electron chi connectivity index (χ1n) is 12.2. The van der Waals surface area contributed by atoms with Crippen LogP contribution in [0, 0.1) is 17.8 Å². The fourth-order valence-corrected chi connectivity index (χ4v) is 5.37. The third kappa shape index (κ3) is 5.49. The van der Waals surface area contributed by atoms with Crippen molar-refractivity contribution in [3.63, 3.8) is 0 Å². The van der Waals surface area contributed by atoms with Crippen molar-refractivity contribution in [2.24, 2.45) is 5.92 Å². The van der Waals surface area contributed by atoms with E-state index < -0.39 is 0 Å². The summed E-state index contributed by atoms with van der Waals surface area (Å²) in [4.78, 5) is 7.27. The Morgan fingerprint density at radius 3 is 2.24 bits per heavy atom. The molecule has 0 N–H and O–H groups in total. The highest BCUT2D eigenvalue weighted by Gasteiger charge is 2.31. The second-order valence-electron chi connectivity index (χ2n) is 9.69. The van der Waals surface area contributed by atoms with Crippen molar-refractivity contribution in [2.45, 2.75) is 51.0 Å². The molecule has 2 fully saturated rings. The van der Waals surface area contributed by atoms with Gasteiger partial charge in [0.25, 0.3) is 0 Å². The number of hydrogen-bond acceptors (Lipinski definition) is 2. The molecule has 0 radical (unpaired) electrons. The predicted molar refractivity (Wildman–Crippen MR) is 137 cm³/mol. The minimum atomic E-state index is 0.693. The number of likely N-dealkylation sites (tertiary alicyclic amines) is 1. The van der Waals surface area contributed by atoms with Crippen LogP contribution in [0.3, 0.4) is 0 Å². The number of benzene rings is 2. The molecule has 2 aromatic carbocycles. The monoisotopic (exact) mass is 454 g/mol. The maximum atomic E-state index is 5.98. The van der Waals surface area contributed by atoms with Crippen LogP contribution in [-0.4, -0.2) is 29.0 Å². The Hall–Kier alpha value is -2.60. The number of rotatable bonds is 3. The molecule has 3 heteroatoms. The van der Waals surface area contributed by atoms with E-state index in [0.29, 0.717) is 5.92 Å². The van der Waals surface area contributed by atoms with Crippen molar-refractivity contribution in [3.05, 3.63) is 88.7 Å². The van der Waals surface area contributed by atoms with Crippen LogP contribution in [-0.2, 0) is 0 Å². The number of hydrogen-bond donors (Lipinski definition) is 0. The van der Waals surface area contributed by atoms with Crippen LogP contribution in [0.2, 0.25) is 5.02 Å². The van der Waals surface area contributed by atoms with Gasteiger partial charge >= 0.3 is 0 Å². The highest BCUT2D eigenvalue weighted by molar-refractivity contribution is 6.30. The van der Waals surface area contributed by atoms with Crippen LogP contribution < -0.4 is 0 Å². The fraction of sp³-hybridized carbons (Fsp3) is 0.367. The van der Waals surface area contributed by atoms with Crippen LogP contribution in [0.15, 0.2) is 66.9 Å². The Morgan fingerprint density at radius 1 is 0.818 bits per heavy atom. The highest BCUT2D eigenvalue weighted by atomic mass is 35.5. The zero-order valence-electron chi connectivity index (χ0n) is 19.3. The third-order valence-corrected chi connectivity index (χ3v) is 7.65. The second kappa shape index (κ2) is 10.1. The van der Waals surface area contributed by atoms with Gasteiger partial charge in [-0.1, -0.05) is 54.8 Å². The van der Waals surface area contributed by atoms with Crippen LogP contribution in [0.4, 0.5) is 0 Å². The van der Waals surface area contributed by atoms with Crippen molar-refractivity contribution >= 4 is 11.6 Å². The third-order valence-electron chi connectivity index (χ3n) is 7.40. The van der Waals surface area contributed by atoms with Crippen LogP contribution in [0.25, 0.3) is 11.1 Å². The van der Waals surface area contributed by atoms with E-state index in [1.165, 1.54) is 50.8 Å². The van der Waals surface area contributed by atoms with E-state index in [1.54, 1.807) is 0 Å². The number of nitrogens with zero attached hydrogens (tertiary/aromatic N) is 2. The zero-order chi connectivity index (χ0) is 22.6. The van der Waals surface area contributed by atoms with Gasteiger partial charge in [0.2, 0.25) is 0 Å². The van der Waals surface area contributed by atoms with Gasteiger partial charge in [-0.15, -0.1) is 0 Å². The van der Waals surface area contributed by atoms with Gasteiger partial charge in [0.05, 0.1) is 0 Å². The topological polar surface area (TPSA) is 16.1 Å². The lowest BCUT2D eigenvalue weighted by Gasteiger charge is -2.35. The molecule has 33 heavy (non-hydrogen) atoms. The molecule has 2 unspecified atom stereocenters. The van der Waals surface area contributed by atoms with Gasteiger partial charge in [0, 0.05) is 28.4 Å². The smallest absolute Gasteiger partial charge is 0.113 e. The van der Waals surface area contributed by atoms with Crippen LogP contribution in [0.1, 0.15) is 61.8 Å². The van der Waals surface area contributed by atoms with Gasteiger partial charge in [-0.05, 0) is 104 Å². The molecule has 1 saturated carbocycles. The second-order valence-corrected chi connectivity index (χ2v) is 10.1. The summed E-state index contributed by atoms with van der Waals surface area (Å²) in [5, 5.41) is 0.740. The minimum absolute atomic E-state index is 0.693. The number of halogens is 1. The summed E-state index contributed by atoms with van der Waals surface area (Å²) in [6.45, 7) is 4.98. The quantitative estimate of drug-likeness (QED) is 0.390. The molecule has 1 saturated heterocycles. The van der Waals surface area contributed by atoms with Gasteiger partial charge in [-0.2, -0.15) is 0 Å². The van der Waals surface area contributed by atoms with E-state index in [4.69, 9.17) is 11.6 Å². The molecule has 168 valence electrons. The Morgan fingerprint density at radius 2 is 1.55 bits per heavy atom. The van der Waals surface area contributed by atoms with Crippen LogP contribution >= 0.6 is 11.6 Å². The summed E-state index contributed by atoms with van der Waals surface area (Å²) in [6.07, 6.45) is 8.57. The Labute approximate surface area is 203 Å². The standard InChI is InChI=1S/C30H31ClN2/c1-22-16-18-33(19-17-22)30-15-10-26(20-30)24-5-2-23(3-6-24)4-13-29-14-9-27(21-32-29)25-7-11-28(31)12-8-25/h2-3,5-9,11-12,14,21-22,26,30H,10,15-20H2,1H3. The van der Waals surface area contributed by atoms with Gasteiger partial charge in [-0.3, -0.25) is 0 Å². The summed E-state index contributed by atoms with van der Waals surface area (Å²) in [6, 6.07) is 21.5. The number of piperidine rings is 1. The van der Waals surface area contributed by atoms with Gasteiger partial charge < -0.3 is 4.90 Å². The van der Waals surface area contributed by atoms with Crippen molar-refractivity contribution in [2.75, 3.05) is 13.1 Å². The molecule has 0 spiro atoms. The van der Waals surface area contributed by atoms with E-state index in [-0.39, 0.29) is 0 Å². The van der Waals surface area contributed by atoms with E-state index >= 15 is 0 Å². The molecule has 2 atom stereocenters. The summed E-state index contributed by atoms with van der Waals surface area (Å²) in [7, 11) is 0. The molecule has 2 nitrogen and oxygen atoms in total. The largest absolute Gasteiger partial charge is 0.300 e. The molecule has 2 heterocycles. The van der Waals surface area contributed by atoms with E-state index in [9.17, 15) is 0 Å². The average Bonchev–Trinajstić information content (AvgIpc) is 3.35. The zero-order valence-corrected chi connectivity index (χ0v) is 20.1. The molecule has 1 aliphatic heterocycles. The molecular weight excluding hydrogens is 424 g/mol. The van der Waals surface area contributed by atoms with E-state index in [2.05, 4.69) is 59.0 Å². The first kappa shape index (κ1) is 22.2. The normalized spacial score (nSPS) is 21.5. The van der Waals surface area contributed by atoms with Gasteiger partial charge in [0.1, 0.15) is 5.69 Å². The lowest BCUT2D eigenvalue weighted by atomic mass is 9.95.